The number of aromatic nitrogens is 3. The van der Waals surface area contributed by atoms with Gasteiger partial charge >= 0.3 is 5.97 Å². The summed E-state index contributed by atoms with van der Waals surface area (Å²) in [6.45, 7) is 8.70. The van der Waals surface area contributed by atoms with Crippen molar-refractivity contribution in [2.45, 2.75) is 20.0 Å². The van der Waals surface area contributed by atoms with Gasteiger partial charge in [-0.25, -0.2) is 14.8 Å². The molecule has 0 saturated heterocycles. The number of rotatable bonds is 12. The maximum atomic E-state index is 13.1. The van der Waals surface area contributed by atoms with Gasteiger partial charge in [0, 0.05) is 62.1 Å². The van der Waals surface area contributed by atoms with E-state index in [9.17, 15) is 18.0 Å². The number of benzene rings is 2. The van der Waals surface area contributed by atoms with Crippen molar-refractivity contribution in [3.05, 3.63) is 67.0 Å². The van der Waals surface area contributed by atoms with Gasteiger partial charge in [0.05, 0.1) is 42.2 Å². The number of nitrogens with zero attached hydrogens (tertiary/aromatic N) is 5. The molecule has 4 aromatic rings. The minimum Gasteiger partial charge on any atom is -0.494 e. The van der Waals surface area contributed by atoms with Crippen LogP contribution in [-0.4, -0.2) is 98.0 Å². The predicted octanol–water partition coefficient (Wildman–Crippen LogP) is 4.58. The van der Waals surface area contributed by atoms with E-state index in [1.807, 2.05) is 74.2 Å². The van der Waals surface area contributed by atoms with Crippen molar-refractivity contribution >= 4 is 55.9 Å². The monoisotopic (exact) mass is 681 g/mol. The predicted molar refractivity (Wildman–Crippen MR) is 189 cm³/mol. The van der Waals surface area contributed by atoms with Crippen molar-refractivity contribution in [3.8, 4) is 17.0 Å². The van der Waals surface area contributed by atoms with Gasteiger partial charge in [-0.1, -0.05) is 24.8 Å². The third kappa shape index (κ3) is 10.3. The Kier molecular flexibility index (Phi) is 12.7. The van der Waals surface area contributed by atoms with E-state index in [1.54, 1.807) is 27.0 Å². The number of carbonyl (C=O) groups is 2. The summed E-state index contributed by atoms with van der Waals surface area (Å²) >= 11 is 0. The standard InChI is InChI=1S/C32H39N7O4.CH4O3S/c1-9-29(40)34-24-16-25(28(42-8)17-27(24)38(6)15-14-37(4)5)35-32-33-18-22(31(41)43-20(2)3)30(36-32)23-19-39(7)26-13-11-10-12-21(23)26;1-5(2,3)4/h9-13,16-20H,1,14-15H2,2-8H3,(H,34,40)(H,33,35,36);1H3,(H,2,3,4). The van der Waals surface area contributed by atoms with E-state index in [4.69, 9.17) is 19.0 Å². The van der Waals surface area contributed by atoms with E-state index < -0.39 is 16.1 Å². The lowest BCUT2D eigenvalue weighted by molar-refractivity contribution is -0.111. The number of amides is 1. The van der Waals surface area contributed by atoms with Gasteiger partial charge in [0.25, 0.3) is 10.1 Å². The van der Waals surface area contributed by atoms with E-state index >= 15 is 0 Å². The fourth-order valence-electron chi connectivity index (χ4n) is 4.63. The summed E-state index contributed by atoms with van der Waals surface area (Å²) < 4.78 is 39.1. The quantitative estimate of drug-likeness (QED) is 0.108. The van der Waals surface area contributed by atoms with Crippen LogP contribution in [0, 0.1) is 0 Å². The molecular formula is C33H43N7O7S. The number of hydrogen-bond acceptors (Lipinski definition) is 11. The zero-order valence-electron chi connectivity index (χ0n) is 28.4. The van der Waals surface area contributed by atoms with E-state index in [2.05, 4.69) is 27.1 Å². The summed E-state index contributed by atoms with van der Waals surface area (Å²) in [5.41, 5.74) is 4.28. The smallest absolute Gasteiger partial charge is 0.342 e. The van der Waals surface area contributed by atoms with Crippen LogP contribution in [0.2, 0.25) is 0 Å². The second kappa shape index (κ2) is 16.2. The minimum absolute atomic E-state index is 0.233. The van der Waals surface area contributed by atoms with Gasteiger partial charge in [0.1, 0.15) is 11.3 Å². The third-order valence-electron chi connectivity index (χ3n) is 6.80. The number of methoxy groups -OCH3 is 1. The molecule has 3 N–H and O–H groups in total. The van der Waals surface area contributed by atoms with Gasteiger partial charge in [0.15, 0.2) is 0 Å². The van der Waals surface area contributed by atoms with Gasteiger partial charge in [-0.05, 0) is 46.2 Å². The van der Waals surface area contributed by atoms with Gasteiger partial charge in [0.2, 0.25) is 11.9 Å². The summed E-state index contributed by atoms with van der Waals surface area (Å²) in [6, 6.07) is 11.5. The maximum Gasteiger partial charge on any atom is 0.342 e. The molecule has 0 aliphatic rings. The van der Waals surface area contributed by atoms with Crippen LogP contribution in [0.5, 0.6) is 5.75 Å². The maximum absolute atomic E-state index is 13.1. The van der Waals surface area contributed by atoms with Crippen LogP contribution in [0.1, 0.15) is 24.2 Å². The number of para-hydroxylation sites is 1. The molecule has 258 valence electrons. The molecule has 1 amide bonds. The van der Waals surface area contributed by atoms with Crippen LogP contribution in [-0.2, 0) is 26.7 Å². The number of ether oxygens (including phenoxy) is 2. The first-order chi connectivity index (χ1) is 22.5. The first-order valence-electron chi connectivity index (χ1n) is 14.9. The molecular weight excluding hydrogens is 638 g/mol. The fraction of sp³-hybridized carbons (Fsp3) is 0.333. The highest BCUT2D eigenvalue weighted by Gasteiger charge is 2.23. The zero-order chi connectivity index (χ0) is 35.8. The Morgan fingerprint density at radius 3 is 2.40 bits per heavy atom. The topological polar surface area (TPSA) is 168 Å². The van der Waals surface area contributed by atoms with Crippen LogP contribution < -0.4 is 20.3 Å². The summed E-state index contributed by atoms with van der Waals surface area (Å²) in [5.74, 6) is -0.110. The lowest BCUT2D eigenvalue weighted by atomic mass is 10.1. The number of fused-ring (bicyclic) bond motifs is 1. The molecule has 0 fully saturated rings. The largest absolute Gasteiger partial charge is 0.494 e. The molecule has 0 radical (unpaired) electrons. The van der Waals surface area contributed by atoms with E-state index in [0.717, 1.165) is 28.7 Å². The van der Waals surface area contributed by atoms with Crippen LogP contribution in [0.15, 0.2) is 61.4 Å². The van der Waals surface area contributed by atoms with Crippen molar-refractivity contribution in [1.82, 2.24) is 19.4 Å². The first kappa shape index (κ1) is 37.5. The Hall–Kier alpha value is -4.99. The average molecular weight is 682 g/mol. The summed E-state index contributed by atoms with van der Waals surface area (Å²) in [5, 5.41) is 7.06. The SMILES string of the molecule is C=CC(=O)Nc1cc(Nc2ncc(C(=O)OC(C)C)c(-c3cn(C)c4ccccc34)n2)c(OC)cc1N(C)CCN(C)C.CS(=O)(=O)O. The first-order valence-corrected chi connectivity index (χ1v) is 16.7. The number of aryl methyl sites for hydroxylation is 1. The van der Waals surface area contributed by atoms with Crippen molar-refractivity contribution in [2.24, 2.45) is 7.05 Å². The molecule has 2 aromatic heterocycles. The summed E-state index contributed by atoms with van der Waals surface area (Å²) in [7, 11) is 5.80. The third-order valence-corrected chi connectivity index (χ3v) is 6.80. The molecule has 2 aromatic carbocycles. The van der Waals surface area contributed by atoms with E-state index in [0.29, 0.717) is 35.6 Å². The highest BCUT2D eigenvalue weighted by Crippen LogP contribution is 2.39. The molecule has 0 unspecified atom stereocenters. The van der Waals surface area contributed by atoms with Gasteiger partial charge < -0.3 is 34.5 Å². The molecule has 0 bridgehead atoms. The Morgan fingerprint density at radius 1 is 1.12 bits per heavy atom. The highest BCUT2D eigenvalue weighted by atomic mass is 32.2. The van der Waals surface area contributed by atoms with E-state index in [1.165, 1.54) is 12.3 Å². The molecule has 0 spiro atoms. The summed E-state index contributed by atoms with van der Waals surface area (Å²) in [6.07, 6.45) is 5.02. The van der Waals surface area contributed by atoms with Gasteiger partial charge in [-0.3, -0.25) is 9.35 Å². The fourth-order valence-corrected chi connectivity index (χ4v) is 4.63. The number of anilines is 4. The molecule has 4 rings (SSSR count). The summed E-state index contributed by atoms with van der Waals surface area (Å²) in [4.78, 5) is 38.9. The van der Waals surface area contributed by atoms with Crippen LogP contribution >= 0.6 is 0 Å². The molecule has 2 heterocycles. The second-order valence-corrected chi connectivity index (χ2v) is 12.9. The van der Waals surface area contributed by atoms with Crippen LogP contribution in [0.3, 0.4) is 0 Å². The molecule has 0 aliphatic carbocycles. The Labute approximate surface area is 281 Å². The lowest BCUT2D eigenvalue weighted by Gasteiger charge is -2.26. The number of carbonyl (C=O) groups excluding carboxylic acids is 2. The van der Waals surface area contributed by atoms with Crippen molar-refractivity contribution < 1.29 is 32.0 Å². The van der Waals surface area contributed by atoms with Gasteiger partial charge in [-0.15, -0.1) is 0 Å². The second-order valence-electron chi connectivity index (χ2n) is 11.4. The van der Waals surface area contributed by atoms with E-state index in [-0.39, 0.29) is 23.5 Å². The molecule has 14 nitrogen and oxygen atoms in total. The van der Waals surface area contributed by atoms with Crippen molar-refractivity contribution in [2.75, 3.05) is 63.1 Å². The Balaban J connectivity index is 0.00000116. The van der Waals surface area contributed by atoms with Crippen molar-refractivity contribution in [3.63, 3.8) is 0 Å². The molecule has 48 heavy (non-hydrogen) atoms. The number of esters is 1. The Bertz CT molecular complexity index is 1880. The molecule has 0 saturated carbocycles. The number of hydrogen-bond donors (Lipinski definition) is 3. The number of nitrogens with one attached hydrogen (secondary N) is 2. The Morgan fingerprint density at radius 2 is 1.79 bits per heavy atom. The lowest BCUT2D eigenvalue weighted by Crippen LogP contribution is -2.29. The average Bonchev–Trinajstić information content (AvgIpc) is 3.34. The minimum atomic E-state index is -3.67. The van der Waals surface area contributed by atoms with Gasteiger partial charge in [-0.2, -0.15) is 8.42 Å². The normalized spacial score (nSPS) is 11.1. The molecule has 15 heteroatoms. The highest BCUT2D eigenvalue weighted by molar-refractivity contribution is 7.85. The van der Waals surface area contributed by atoms with Crippen LogP contribution in [0.4, 0.5) is 23.0 Å². The number of likely N-dealkylation sites (N-methyl/N-ethyl adjacent to an activating group) is 2. The van der Waals surface area contributed by atoms with Crippen molar-refractivity contribution in [1.29, 1.82) is 0 Å². The molecule has 0 atom stereocenters. The van der Waals surface area contributed by atoms with Crippen LogP contribution in [0.25, 0.3) is 22.2 Å². The molecule has 0 aliphatic heterocycles. The zero-order valence-corrected chi connectivity index (χ0v) is 29.3.